The van der Waals surface area contributed by atoms with Gasteiger partial charge in [0.15, 0.2) is 0 Å². The highest BCUT2D eigenvalue weighted by atomic mass is 79.9. The molecule has 2 aromatic rings. The number of nitrogens with zero attached hydrogens (tertiary/aromatic N) is 2. The lowest BCUT2D eigenvalue weighted by molar-refractivity contribution is 0.601. The first-order valence-electron chi connectivity index (χ1n) is 5.83. The first kappa shape index (κ1) is 15.3. The van der Waals surface area contributed by atoms with Gasteiger partial charge in [0, 0.05) is 17.7 Å². The quantitative estimate of drug-likeness (QED) is 0.866. The van der Waals surface area contributed by atoms with E-state index in [9.17, 15) is 8.42 Å². The zero-order valence-electron chi connectivity index (χ0n) is 11.0. The highest BCUT2D eigenvalue weighted by Gasteiger charge is 2.20. The topological polar surface area (TPSA) is 94.9 Å². The predicted octanol–water partition coefficient (Wildman–Crippen LogP) is 2.56. The molecule has 0 saturated heterocycles. The third-order valence-electron chi connectivity index (χ3n) is 2.64. The summed E-state index contributed by atoms with van der Waals surface area (Å²) in [7, 11) is -2.19. The molecule has 108 valence electrons. The lowest BCUT2D eigenvalue weighted by Gasteiger charge is -2.12. The first-order valence-corrected chi connectivity index (χ1v) is 8.11. The molecule has 8 heteroatoms. The van der Waals surface area contributed by atoms with Crippen LogP contribution < -0.4 is 10.0 Å². The van der Waals surface area contributed by atoms with E-state index in [0.29, 0.717) is 15.7 Å². The van der Waals surface area contributed by atoms with E-state index >= 15 is 0 Å². The summed E-state index contributed by atoms with van der Waals surface area (Å²) < 4.78 is 27.8. The van der Waals surface area contributed by atoms with Crippen LogP contribution in [0.3, 0.4) is 0 Å². The van der Waals surface area contributed by atoms with E-state index in [1.54, 1.807) is 19.2 Å². The molecule has 0 saturated carbocycles. The fourth-order valence-electron chi connectivity index (χ4n) is 1.66. The van der Waals surface area contributed by atoms with E-state index in [0.717, 1.165) is 0 Å². The third-order valence-corrected chi connectivity index (χ3v) is 4.69. The second kappa shape index (κ2) is 6.11. The number of nitriles is 1. The lowest BCUT2D eigenvalue weighted by Crippen LogP contribution is -2.15. The molecule has 0 amide bonds. The molecule has 0 aliphatic rings. The van der Waals surface area contributed by atoms with Gasteiger partial charge in [-0.2, -0.15) is 5.26 Å². The number of nitrogens with one attached hydrogen (secondary N) is 2. The summed E-state index contributed by atoms with van der Waals surface area (Å²) in [4.78, 5) is 4.01. The molecule has 0 aliphatic heterocycles. The molecule has 0 radical (unpaired) electrons. The molecular formula is C13H11BrN4O2S. The van der Waals surface area contributed by atoms with E-state index < -0.39 is 10.0 Å². The van der Waals surface area contributed by atoms with Crippen molar-refractivity contribution in [2.45, 2.75) is 4.90 Å². The number of anilines is 2. The summed E-state index contributed by atoms with van der Waals surface area (Å²) in [6.45, 7) is 0. The van der Waals surface area contributed by atoms with Gasteiger partial charge in [-0.1, -0.05) is 0 Å². The van der Waals surface area contributed by atoms with Crippen molar-refractivity contribution in [2.75, 3.05) is 17.1 Å². The molecule has 0 aliphatic carbocycles. The Balaban J connectivity index is 2.41. The summed E-state index contributed by atoms with van der Waals surface area (Å²) in [5.41, 5.74) is 0.780. The highest BCUT2D eigenvalue weighted by Crippen LogP contribution is 2.27. The highest BCUT2D eigenvalue weighted by molar-refractivity contribution is 9.10. The predicted molar refractivity (Wildman–Crippen MR) is 83.4 cm³/mol. The fourth-order valence-corrected chi connectivity index (χ4v) is 3.52. The number of aromatic nitrogens is 1. The van der Waals surface area contributed by atoms with E-state index in [4.69, 9.17) is 5.26 Å². The van der Waals surface area contributed by atoms with E-state index in [1.807, 2.05) is 6.07 Å². The number of sulfonamides is 1. The number of hydrogen-bond donors (Lipinski definition) is 2. The van der Waals surface area contributed by atoms with Gasteiger partial charge in [0.1, 0.15) is 10.7 Å². The molecule has 0 fully saturated rings. The van der Waals surface area contributed by atoms with Crippen molar-refractivity contribution < 1.29 is 8.42 Å². The minimum absolute atomic E-state index is 0.0451. The summed E-state index contributed by atoms with van der Waals surface area (Å²) in [5, 5.41) is 11.5. The second-order valence-corrected chi connectivity index (χ2v) is 6.52. The summed E-state index contributed by atoms with van der Waals surface area (Å²) in [6, 6.07) is 9.58. The minimum Gasteiger partial charge on any atom is -0.372 e. The van der Waals surface area contributed by atoms with Crippen molar-refractivity contribution in [1.82, 2.24) is 4.98 Å². The Kier molecular flexibility index (Phi) is 4.45. The van der Waals surface area contributed by atoms with Crippen LogP contribution in [0.25, 0.3) is 0 Å². The zero-order chi connectivity index (χ0) is 15.5. The third kappa shape index (κ3) is 3.32. The maximum atomic E-state index is 12.4. The van der Waals surface area contributed by atoms with Gasteiger partial charge in [0.2, 0.25) is 0 Å². The first-order chi connectivity index (χ1) is 9.97. The molecule has 0 atom stereocenters. The molecule has 1 aromatic heterocycles. The largest absolute Gasteiger partial charge is 0.372 e. The average Bonchev–Trinajstić information content (AvgIpc) is 2.49. The fraction of sp³-hybridized carbons (Fsp3) is 0.0769. The van der Waals surface area contributed by atoms with Gasteiger partial charge in [-0.15, -0.1) is 0 Å². The number of halogens is 1. The van der Waals surface area contributed by atoms with Crippen LogP contribution >= 0.6 is 15.9 Å². The van der Waals surface area contributed by atoms with Gasteiger partial charge in [-0.3, -0.25) is 4.72 Å². The van der Waals surface area contributed by atoms with Crippen LogP contribution in [0.2, 0.25) is 0 Å². The number of hydrogen-bond acceptors (Lipinski definition) is 5. The van der Waals surface area contributed by atoms with Crippen LogP contribution in [0.4, 0.5) is 11.5 Å². The Morgan fingerprint density at radius 3 is 2.71 bits per heavy atom. The van der Waals surface area contributed by atoms with Gasteiger partial charge >= 0.3 is 0 Å². The van der Waals surface area contributed by atoms with Gasteiger partial charge in [-0.25, -0.2) is 13.4 Å². The van der Waals surface area contributed by atoms with Crippen LogP contribution in [0, 0.1) is 11.3 Å². The normalized spacial score (nSPS) is 10.7. The number of pyridine rings is 1. The van der Waals surface area contributed by atoms with Crippen LogP contribution in [0.15, 0.2) is 45.9 Å². The molecule has 0 spiro atoms. The average molecular weight is 367 g/mol. The molecule has 1 heterocycles. The Labute approximate surface area is 131 Å². The second-order valence-electron chi connectivity index (χ2n) is 4.01. The van der Waals surface area contributed by atoms with Crippen LogP contribution in [0.1, 0.15) is 5.56 Å². The van der Waals surface area contributed by atoms with Crippen molar-refractivity contribution in [2.24, 2.45) is 0 Å². The van der Waals surface area contributed by atoms with E-state index in [2.05, 4.69) is 31.0 Å². The zero-order valence-corrected chi connectivity index (χ0v) is 13.4. The maximum absolute atomic E-state index is 12.4. The van der Waals surface area contributed by atoms with Crippen molar-refractivity contribution in [3.63, 3.8) is 0 Å². The van der Waals surface area contributed by atoms with Crippen LogP contribution in [0.5, 0.6) is 0 Å². The molecule has 6 nitrogen and oxygen atoms in total. The van der Waals surface area contributed by atoms with Crippen LogP contribution in [-0.4, -0.2) is 20.4 Å². The molecule has 0 unspecified atom stereocenters. The molecule has 2 N–H and O–H groups in total. The number of benzene rings is 1. The SMILES string of the molecule is CNc1ncccc1S(=O)(=O)Nc1ccc(C#N)cc1Br. The summed E-state index contributed by atoms with van der Waals surface area (Å²) in [5.74, 6) is 0.259. The molecule has 0 bridgehead atoms. The van der Waals surface area contributed by atoms with Gasteiger partial charge in [-0.05, 0) is 46.3 Å². The van der Waals surface area contributed by atoms with Crippen LogP contribution in [-0.2, 0) is 10.0 Å². The van der Waals surface area contributed by atoms with Crippen molar-refractivity contribution in [1.29, 1.82) is 5.26 Å². The molecule has 1 aromatic carbocycles. The molecular weight excluding hydrogens is 356 g/mol. The Morgan fingerprint density at radius 2 is 2.10 bits per heavy atom. The molecule has 2 rings (SSSR count). The monoisotopic (exact) mass is 366 g/mol. The Morgan fingerprint density at radius 1 is 1.33 bits per heavy atom. The number of rotatable bonds is 4. The van der Waals surface area contributed by atoms with E-state index in [1.165, 1.54) is 24.4 Å². The maximum Gasteiger partial charge on any atom is 0.265 e. The minimum atomic E-state index is -3.79. The Hall–Kier alpha value is -2.11. The standard InChI is InChI=1S/C13H11BrN4O2S/c1-16-13-12(3-2-6-17-13)21(19,20)18-11-5-4-9(8-15)7-10(11)14/h2-7,18H,1H3,(H,16,17). The molecule has 21 heavy (non-hydrogen) atoms. The summed E-state index contributed by atoms with van der Waals surface area (Å²) >= 11 is 3.24. The van der Waals surface area contributed by atoms with Crippen molar-refractivity contribution >= 4 is 37.5 Å². The summed E-state index contributed by atoms with van der Waals surface area (Å²) in [6.07, 6.45) is 1.50. The van der Waals surface area contributed by atoms with Gasteiger partial charge in [0.05, 0.1) is 17.3 Å². The van der Waals surface area contributed by atoms with Gasteiger partial charge in [0.25, 0.3) is 10.0 Å². The smallest absolute Gasteiger partial charge is 0.265 e. The van der Waals surface area contributed by atoms with Crippen molar-refractivity contribution in [3.05, 3.63) is 46.6 Å². The van der Waals surface area contributed by atoms with Gasteiger partial charge < -0.3 is 5.32 Å². The van der Waals surface area contributed by atoms with E-state index in [-0.39, 0.29) is 10.7 Å². The Bertz CT molecular complexity index is 815. The lowest BCUT2D eigenvalue weighted by atomic mass is 10.2. The van der Waals surface area contributed by atoms with Crippen molar-refractivity contribution in [3.8, 4) is 6.07 Å².